The molecular weight excluding hydrogens is 258 g/mol. The maximum absolute atomic E-state index is 12.3. The second-order valence-electron chi connectivity index (χ2n) is 3.89. The van der Waals surface area contributed by atoms with Crippen molar-refractivity contribution in [1.82, 2.24) is 9.88 Å². The van der Waals surface area contributed by atoms with Crippen LogP contribution in [0.4, 0.5) is 5.13 Å². The van der Waals surface area contributed by atoms with Gasteiger partial charge in [0.15, 0.2) is 11.2 Å². The average Bonchev–Trinajstić information content (AvgIpc) is 2.67. The van der Waals surface area contributed by atoms with Gasteiger partial charge in [-0.05, 0) is 6.92 Å². The number of morpholine rings is 1. The summed E-state index contributed by atoms with van der Waals surface area (Å²) >= 11 is 1.07. The number of rotatable bonds is 2. The summed E-state index contributed by atoms with van der Waals surface area (Å²) in [5.74, 6) is -1.42. The minimum absolute atomic E-state index is 0.00834. The van der Waals surface area contributed by atoms with E-state index in [1.807, 2.05) is 0 Å². The van der Waals surface area contributed by atoms with Gasteiger partial charge in [-0.3, -0.25) is 4.79 Å². The lowest BCUT2D eigenvalue weighted by Gasteiger charge is -2.32. The van der Waals surface area contributed by atoms with Gasteiger partial charge in [0.05, 0.1) is 18.9 Å². The van der Waals surface area contributed by atoms with Gasteiger partial charge in [0.25, 0.3) is 5.91 Å². The van der Waals surface area contributed by atoms with Crippen LogP contribution in [0, 0.1) is 6.92 Å². The number of hydrogen-bond acceptors (Lipinski definition) is 6. The van der Waals surface area contributed by atoms with Crippen molar-refractivity contribution in [2.45, 2.75) is 13.0 Å². The number of carbonyl (C=O) groups excluding carboxylic acids is 1. The number of aromatic nitrogens is 1. The van der Waals surface area contributed by atoms with Crippen LogP contribution >= 0.6 is 11.3 Å². The quantitative estimate of drug-likeness (QED) is 0.781. The molecule has 1 aliphatic heterocycles. The van der Waals surface area contributed by atoms with E-state index in [9.17, 15) is 9.59 Å². The zero-order valence-electron chi connectivity index (χ0n) is 9.75. The molecule has 2 heterocycles. The van der Waals surface area contributed by atoms with Crippen LogP contribution in [-0.2, 0) is 9.53 Å². The van der Waals surface area contributed by atoms with Crippen LogP contribution in [0.1, 0.15) is 15.4 Å². The van der Waals surface area contributed by atoms with E-state index in [-0.39, 0.29) is 19.1 Å². The maximum Gasteiger partial charge on any atom is 0.328 e. The van der Waals surface area contributed by atoms with E-state index in [2.05, 4.69) is 4.98 Å². The molecule has 1 fully saturated rings. The highest BCUT2D eigenvalue weighted by Crippen LogP contribution is 2.23. The Morgan fingerprint density at radius 2 is 2.33 bits per heavy atom. The molecule has 1 unspecified atom stereocenters. The molecular formula is C10H13N3O4S. The molecule has 18 heavy (non-hydrogen) atoms. The summed E-state index contributed by atoms with van der Waals surface area (Å²) in [6.45, 7) is 2.28. The first-order chi connectivity index (χ1) is 8.50. The second-order valence-corrected chi connectivity index (χ2v) is 4.92. The van der Waals surface area contributed by atoms with E-state index < -0.39 is 12.0 Å². The van der Waals surface area contributed by atoms with Gasteiger partial charge in [-0.15, -0.1) is 0 Å². The summed E-state index contributed by atoms with van der Waals surface area (Å²) < 4.78 is 5.08. The fraction of sp³-hybridized carbons (Fsp3) is 0.500. The number of nitrogens with zero attached hydrogens (tertiary/aromatic N) is 2. The first-order valence-electron chi connectivity index (χ1n) is 5.35. The van der Waals surface area contributed by atoms with Crippen molar-refractivity contribution >= 4 is 28.3 Å². The fourth-order valence-electron chi connectivity index (χ4n) is 1.80. The van der Waals surface area contributed by atoms with Gasteiger partial charge in [0.1, 0.15) is 4.88 Å². The lowest BCUT2D eigenvalue weighted by Crippen LogP contribution is -2.52. The Morgan fingerprint density at radius 1 is 1.61 bits per heavy atom. The molecule has 1 amide bonds. The molecule has 1 aliphatic rings. The van der Waals surface area contributed by atoms with Crippen LogP contribution in [-0.4, -0.2) is 52.7 Å². The Labute approximate surface area is 107 Å². The molecule has 0 spiro atoms. The number of aliphatic carboxylic acids is 1. The molecule has 0 saturated carbocycles. The molecule has 7 nitrogen and oxygen atoms in total. The van der Waals surface area contributed by atoms with Crippen molar-refractivity contribution in [3.63, 3.8) is 0 Å². The van der Waals surface area contributed by atoms with E-state index in [1.54, 1.807) is 6.92 Å². The highest BCUT2D eigenvalue weighted by atomic mass is 32.1. The molecule has 1 aromatic heterocycles. The predicted octanol–water partition coefficient (Wildman–Crippen LogP) is -0.0407. The normalized spacial score (nSPS) is 19.8. The summed E-state index contributed by atoms with van der Waals surface area (Å²) in [6, 6.07) is -0.950. The number of aryl methyl sites for hydroxylation is 1. The van der Waals surface area contributed by atoms with Crippen molar-refractivity contribution < 1.29 is 19.4 Å². The summed E-state index contributed by atoms with van der Waals surface area (Å²) in [5, 5.41) is 9.37. The van der Waals surface area contributed by atoms with Crippen LogP contribution in [0.15, 0.2) is 0 Å². The van der Waals surface area contributed by atoms with E-state index in [1.165, 1.54) is 4.90 Å². The number of nitrogens with two attached hydrogens (primary N) is 1. The smallest absolute Gasteiger partial charge is 0.328 e. The van der Waals surface area contributed by atoms with Crippen LogP contribution in [0.25, 0.3) is 0 Å². The minimum Gasteiger partial charge on any atom is -0.480 e. The average molecular weight is 271 g/mol. The van der Waals surface area contributed by atoms with Crippen LogP contribution in [0.2, 0.25) is 0 Å². The van der Waals surface area contributed by atoms with Crippen molar-refractivity contribution in [2.75, 3.05) is 25.5 Å². The van der Waals surface area contributed by atoms with Crippen molar-refractivity contribution in [3.8, 4) is 0 Å². The van der Waals surface area contributed by atoms with Crippen LogP contribution in [0.5, 0.6) is 0 Å². The third-order valence-corrected chi connectivity index (χ3v) is 3.66. The van der Waals surface area contributed by atoms with E-state index in [0.29, 0.717) is 22.3 Å². The van der Waals surface area contributed by atoms with E-state index in [0.717, 1.165) is 11.3 Å². The summed E-state index contributed by atoms with van der Waals surface area (Å²) in [4.78, 5) is 29.0. The molecule has 1 atom stereocenters. The molecule has 0 aliphatic carbocycles. The Morgan fingerprint density at radius 3 is 2.89 bits per heavy atom. The Hall–Kier alpha value is -1.67. The zero-order valence-corrected chi connectivity index (χ0v) is 10.6. The number of carbonyl (C=O) groups is 2. The molecule has 0 bridgehead atoms. The predicted molar refractivity (Wildman–Crippen MR) is 64.5 cm³/mol. The van der Waals surface area contributed by atoms with Gasteiger partial charge in [-0.1, -0.05) is 11.3 Å². The SMILES string of the molecule is Cc1nc(N)sc1C(=O)N1CCOCC1C(=O)O. The summed E-state index contributed by atoms with van der Waals surface area (Å²) in [6.07, 6.45) is 0. The Balaban J connectivity index is 2.26. The molecule has 0 radical (unpaired) electrons. The molecule has 3 N–H and O–H groups in total. The molecule has 98 valence electrons. The number of nitrogen functional groups attached to an aromatic ring is 1. The van der Waals surface area contributed by atoms with Crippen LogP contribution in [0.3, 0.4) is 0 Å². The third kappa shape index (κ3) is 2.29. The first kappa shape index (κ1) is 12.8. The minimum atomic E-state index is -1.07. The van der Waals surface area contributed by atoms with E-state index >= 15 is 0 Å². The number of ether oxygens (including phenoxy) is 1. The highest BCUT2D eigenvalue weighted by Gasteiger charge is 2.34. The van der Waals surface area contributed by atoms with Gasteiger partial charge < -0.3 is 20.5 Å². The maximum atomic E-state index is 12.3. The molecule has 8 heteroatoms. The first-order valence-corrected chi connectivity index (χ1v) is 6.16. The molecule has 2 rings (SSSR count). The van der Waals surface area contributed by atoms with Gasteiger partial charge in [0, 0.05) is 6.54 Å². The summed E-state index contributed by atoms with van der Waals surface area (Å²) in [5.41, 5.74) is 6.06. The van der Waals surface area contributed by atoms with Crippen molar-refractivity contribution in [1.29, 1.82) is 0 Å². The number of carboxylic acid groups (broad SMARTS) is 1. The molecule has 0 aromatic carbocycles. The van der Waals surface area contributed by atoms with Crippen molar-refractivity contribution in [2.24, 2.45) is 0 Å². The monoisotopic (exact) mass is 271 g/mol. The standard InChI is InChI=1S/C10H13N3O4S/c1-5-7(18-10(11)12-5)8(14)13-2-3-17-4-6(13)9(15)16/h6H,2-4H2,1H3,(H2,11,12)(H,15,16). The fourth-order valence-corrected chi connectivity index (χ4v) is 2.59. The highest BCUT2D eigenvalue weighted by molar-refractivity contribution is 7.17. The summed E-state index contributed by atoms with van der Waals surface area (Å²) in [7, 11) is 0. The number of hydrogen-bond donors (Lipinski definition) is 2. The Kier molecular flexibility index (Phi) is 3.48. The second kappa shape index (κ2) is 4.91. The topological polar surface area (TPSA) is 106 Å². The third-order valence-electron chi connectivity index (χ3n) is 2.68. The molecule has 1 aromatic rings. The lowest BCUT2D eigenvalue weighted by atomic mass is 10.2. The van der Waals surface area contributed by atoms with Gasteiger partial charge in [-0.2, -0.15) is 0 Å². The number of thiazole rings is 1. The zero-order chi connectivity index (χ0) is 13.3. The molecule has 1 saturated heterocycles. The van der Waals surface area contributed by atoms with Crippen LogP contribution < -0.4 is 5.73 Å². The largest absolute Gasteiger partial charge is 0.480 e. The van der Waals surface area contributed by atoms with Crippen molar-refractivity contribution in [3.05, 3.63) is 10.6 Å². The lowest BCUT2D eigenvalue weighted by molar-refractivity contribution is -0.147. The van der Waals surface area contributed by atoms with Gasteiger partial charge >= 0.3 is 5.97 Å². The Bertz CT molecular complexity index is 487. The van der Waals surface area contributed by atoms with E-state index in [4.69, 9.17) is 15.6 Å². The van der Waals surface area contributed by atoms with Gasteiger partial charge in [-0.25, -0.2) is 9.78 Å². The van der Waals surface area contributed by atoms with Gasteiger partial charge in [0.2, 0.25) is 0 Å². The number of amides is 1. The number of anilines is 1. The number of carboxylic acids is 1.